The van der Waals surface area contributed by atoms with Crippen LogP contribution in [0.2, 0.25) is 0 Å². The minimum Gasteiger partial charge on any atom is -0.469 e. The molecule has 0 spiro atoms. The molecule has 0 amide bonds. The van der Waals surface area contributed by atoms with Crippen LogP contribution in [0.4, 0.5) is 0 Å². The highest BCUT2D eigenvalue weighted by Gasteiger charge is 2.21. The molecule has 0 heterocycles. The topological polar surface area (TPSA) is 44.8 Å². The van der Waals surface area contributed by atoms with Crippen molar-refractivity contribution in [3.63, 3.8) is 0 Å². The molecule has 0 fully saturated rings. The number of hydrogen-bond acceptors (Lipinski definition) is 4. The minimum absolute atomic E-state index is 0.0274. The molecule has 4 heteroatoms. The van der Waals surface area contributed by atoms with Gasteiger partial charge in [0, 0.05) is 0 Å². The minimum atomic E-state index is -0.131. The van der Waals surface area contributed by atoms with E-state index in [1.54, 1.807) is 0 Å². The summed E-state index contributed by atoms with van der Waals surface area (Å²) in [5, 5.41) is 0. The fraction of sp³-hybridized carbons (Fsp3) is 0.909. The molecule has 4 nitrogen and oxygen atoms in total. The van der Waals surface area contributed by atoms with Crippen molar-refractivity contribution in [3.8, 4) is 0 Å². The van der Waals surface area contributed by atoms with E-state index in [0.29, 0.717) is 12.5 Å². The predicted molar refractivity (Wildman–Crippen MR) is 57.2 cm³/mol. The zero-order valence-electron chi connectivity index (χ0n) is 10.1. The number of methoxy groups -OCH3 is 1. The molecular formula is C11H22O4. The van der Waals surface area contributed by atoms with Crippen molar-refractivity contribution in [1.29, 1.82) is 0 Å². The maximum absolute atomic E-state index is 11.4. The van der Waals surface area contributed by atoms with Gasteiger partial charge in [0.25, 0.3) is 0 Å². The summed E-state index contributed by atoms with van der Waals surface area (Å²) in [5.41, 5.74) is 0. The number of esters is 1. The van der Waals surface area contributed by atoms with Gasteiger partial charge >= 0.3 is 5.97 Å². The maximum atomic E-state index is 11.4. The molecule has 0 bridgehead atoms. The van der Waals surface area contributed by atoms with E-state index in [2.05, 4.69) is 11.8 Å². The van der Waals surface area contributed by atoms with Gasteiger partial charge in [0.05, 0.1) is 26.7 Å². The molecule has 0 N–H and O–H groups in total. The SMILES string of the molecule is CCC(C[C@H](CC)COOC)C(=O)OC. The highest BCUT2D eigenvalue weighted by molar-refractivity contribution is 5.72. The van der Waals surface area contributed by atoms with Crippen LogP contribution in [0.25, 0.3) is 0 Å². The Bertz CT molecular complexity index is 170. The third-order valence-corrected chi connectivity index (χ3v) is 2.64. The van der Waals surface area contributed by atoms with E-state index in [0.717, 1.165) is 19.3 Å². The van der Waals surface area contributed by atoms with Gasteiger partial charge in [0.2, 0.25) is 0 Å². The van der Waals surface area contributed by atoms with Crippen molar-refractivity contribution in [1.82, 2.24) is 0 Å². The molecule has 0 aromatic heterocycles. The number of rotatable bonds is 8. The zero-order valence-corrected chi connectivity index (χ0v) is 10.1. The summed E-state index contributed by atoms with van der Waals surface area (Å²) >= 11 is 0. The second kappa shape index (κ2) is 8.68. The predicted octanol–water partition coefficient (Wildman–Crippen LogP) is 2.18. The van der Waals surface area contributed by atoms with E-state index in [9.17, 15) is 4.79 Å². The van der Waals surface area contributed by atoms with Gasteiger partial charge in [0.1, 0.15) is 0 Å². The molecule has 0 aliphatic heterocycles. The van der Waals surface area contributed by atoms with Crippen LogP contribution in [-0.4, -0.2) is 26.8 Å². The van der Waals surface area contributed by atoms with Gasteiger partial charge in [-0.15, -0.1) is 0 Å². The molecule has 90 valence electrons. The molecule has 0 radical (unpaired) electrons. The van der Waals surface area contributed by atoms with E-state index >= 15 is 0 Å². The Hall–Kier alpha value is -0.610. The lowest BCUT2D eigenvalue weighted by atomic mass is 9.91. The van der Waals surface area contributed by atoms with Gasteiger partial charge in [-0.25, -0.2) is 9.78 Å². The molecule has 0 aromatic carbocycles. The monoisotopic (exact) mass is 218 g/mol. The van der Waals surface area contributed by atoms with Gasteiger partial charge in [-0.05, 0) is 18.8 Å². The van der Waals surface area contributed by atoms with Crippen LogP contribution in [0.15, 0.2) is 0 Å². The molecule has 1 unspecified atom stereocenters. The van der Waals surface area contributed by atoms with Crippen molar-refractivity contribution in [3.05, 3.63) is 0 Å². The van der Waals surface area contributed by atoms with E-state index in [1.165, 1.54) is 14.2 Å². The highest BCUT2D eigenvalue weighted by atomic mass is 17.2. The molecule has 0 saturated carbocycles. The van der Waals surface area contributed by atoms with E-state index in [4.69, 9.17) is 9.62 Å². The van der Waals surface area contributed by atoms with Crippen LogP contribution >= 0.6 is 0 Å². The number of carbonyl (C=O) groups is 1. The van der Waals surface area contributed by atoms with Crippen molar-refractivity contribution < 1.29 is 19.3 Å². The van der Waals surface area contributed by atoms with Crippen molar-refractivity contribution in [2.45, 2.75) is 33.1 Å². The Balaban J connectivity index is 4.05. The first-order valence-corrected chi connectivity index (χ1v) is 5.42. The smallest absolute Gasteiger partial charge is 0.308 e. The third-order valence-electron chi connectivity index (χ3n) is 2.64. The van der Waals surface area contributed by atoms with E-state index in [-0.39, 0.29) is 11.9 Å². The number of ether oxygens (including phenoxy) is 1. The lowest BCUT2D eigenvalue weighted by molar-refractivity contribution is -0.280. The summed E-state index contributed by atoms with van der Waals surface area (Å²) < 4.78 is 4.74. The fourth-order valence-electron chi connectivity index (χ4n) is 1.52. The van der Waals surface area contributed by atoms with E-state index < -0.39 is 0 Å². The summed E-state index contributed by atoms with van der Waals surface area (Å²) in [7, 11) is 2.92. The average molecular weight is 218 g/mol. The molecule has 0 aromatic rings. The molecular weight excluding hydrogens is 196 g/mol. The molecule has 2 atom stereocenters. The summed E-state index contributed by atoms with van der Waals surface area (Å²) in [5.74, 6) is 0.183. The lowest BCUT2D eigenvalue weighted by Crippen LogP contribution is -2.21. The molecule has 0 saturated heterocycles. The van der Waals surface area contributed by atoms with Gasteiger partial charge in [-0.1, -0.05) is 20.3 Å². The van der Waals surface area contributed by atoms with Crippen LogP contribution in [-0.2, 0) is 19.3 Å². The molecule has 0 aliphatic carbocycles. The maximum Gasteiger partial charge on any atom is 0.308 e. The van der Waals surface area contributed by atoms with Crippen LogP contribution in [0.1, 0.15) is 33.1 Å². The summed E-state index contributed by atoms with van der Waals surface area (Å²) in [6.45, 7) is 4.60. The Morgan fingerprint density at radius 2 is 1.87 bits per heavy atom. The molecule has 15 heavy (non-hydrogen) atoms. The molecule has 0 rings (SSSR count). The van der Waals surface area contributed by atoms with Gasteiger partial charge < -0.3 is 4.74 Å². The Labute approximate surface area is 91.8 Å². The molecule has 0 aliphatic rings. The normalized spacial score (nSPS) is 14.7. The zero-order chi connectivity index (χ0) is 11.7. The fourth-order valence-corrected chi connectivity index (χ4v) is 1.52. The van der Waals surface area contributed by atoms with Crippen LogP contribution in [0.5, 0.6) is 0 Å². The van der Waals surface area contributed by atoms with Crippen LogP contribution in [0.3, 0.4) is 0 Å². The van der Waals surface area contributed by atoms with Crippen molar-refractivity contribution in [2.24, 2.45) is 11.8 Å². The second-order valence-corrected chi connectivity index (χ2v) is 3.59. The largest absolute Gasteiger partial charge is 0.469 e. The quantitative estimate of drug-likeness (QED) is 0.356. The van der Waals surface area contributed by atoms with E-state index in [1.807, 2.05) is 6.92 Å². The average Bonchev–Trinajstić information content (AvgIpc) is 2.28. The summed E-state index contributed by atoms with van der Waals surface area (Å²) in [6, 6.07) is 0. The van der Waals surface area contributed by atoms with Gasteiger partial charge in [-0.2, -0.15) is 0 Å². The standard InChI is InChI=1S/C11H22O4/c1-5-9(8-15-14-4)7-10(6-2)11(12)13-3/h9-10H,5-8H2,1-4H3/t9-,10?/m0/s1. The Morgan fingerprint density at radius 3 is 2.27 bits per heavy atom. The summed E-state index contributed by atoms with van der Waals surface area (Å²) in [4.78, 5) is 20.8. The Kier molecular flexibility index (Phi) is 8.33. The van der Waals surface area contributed by atoms with Gasteiger partial charge in [-0.3, -0.25) is 4.79 Å². The van der Waals surface area contributed by atoms with Crippen LogP contribution < -0.4 is 0 Å². The van der Waals surface area contributed by atoms with Gasteiger partial charge in [0.15, 0.2) is 0 Å². The summed E-state index contributed by atoms with van der Waals surface area (Å²) in [6.07, 6.45) is 2.57. The van der Waals surface area contributed by atoms with Crippen LogP contribution in [0, 0.1) is 11.8 Å². The lowest BCUT2D eigenvalue weighted by Gasteiger charge is -2.19. The highest BCUT2D eigenvalue weighted by Crippen LogP contribution is 2.20. The first kappa shape index (κ1) is 14.4. The second-order valence-electron chi connectivity index (χ2n) is 3.59. The van der Waals surface area contributed by atoms with Crippen molar-refractivity contribution >= 4 is 5.97 Å². The first-order valence-electron chi connectivity index (χ1n) is 5.42. The van der Waals surface area contributed by atoms with Crippen molar-refractivity contribution in [2.75, 3.05) is 20.8 Å². The third kappa shape index (κ3) is 5.74. The Morgan fingerprint density at radius 1 is 1.20 bits per heavy atom. The number of carbonyl (C=O) groups excluding carboxylic acids is 1. The first-order chi connectivity index (χ1) is 7.19. The number of hydrogen-bond donors (Lipinski definition) is 0.